The van der Waals surface area contributed by atoms with Crippen molar-refractivity contribution >= 4 is 11.7 Å². The van der Waals surface area contributed by atoms with E-state index in [4.69, 9.17) is 4.74 Å². The van der Waals surface area contributed by atoms with E-state index in [2.05, 4.69) is 17.5 Å². The Morgan fingerprint density at radius 3 is 2.68 bits per heavy atom. The molecule has 3 aliphatic carbocycles. The lowest BCUT2D eigenvalue weighted by Gasteiger charge is -2.44. The largest absolute Gasteiger partial charge is 0.460 e. The van der Waals surface area contributed by atoms with E-state index in [0.29, 0.717) is 23.8 Å². The van der Waals surface area contributed by atoms with E-state index in [0.717, 1.165) is 35.6 Å². The smallest absolute Gasteiger partial charge is 0.309 e. The lowest BCUT2D eigenvalue weighted by molar-refractivity contribution is -0.163. The Labute approximate surface area is 168 Å². The van der Waals surface area contributed by atoms with E-state index in [-0.39, 0.29) is 11.9 Å². The quantitative estimate of drug-likeness (QED) is 0.745. The number of ether oxygens (including phenoxy) is 1. The second kappa shape index (κ2) is 7.10. The van der Waals surface area contributed by atoms with Gasteiger partial charge in [-0.1, -0.05) is 6.07 Å². The molecule has 3 fully saturated rings. The molecular weight excluding hydrogens is 348 g/mol. The summed E-state index contributed by atoms with van der Waals surface area (Å²) in [6.45, 7) is 7.85. The fourth-order valence-corrected chi connectivity index (χ4v) is 5.95. The topological polar surface area (TPSA) is 62.1 Å². The molecule has 4 heteroatoms. The fourth-order valence-electron chi connectivity index (χ4n) is 5.95. The molecule has 3 saturated carbocycles. The number of nitrogens with zero attached hydrogens (tertiary/aromatic N) is 1. The second-order valence-electron chi connectivity index (χ2n) is 10.2. The normalized spacial score (nSPS) is 33.8. The molecule has 4 unspecified atom stereocenters. The van der Waals surface area contributed by atoms with Crippen molar-refractivity contribution in [1.29, 1.82) is 5.26 Å². The van der Waals surface area contributed by atoms with Crippen LogP contribution in [0.15, 0.2) is 18.2 Å². The number of aryl methyl sites for hydroxylation is 1. The molecule has 0 radical (unpaired) electrons. The van der Waals surface area contributed by atoms with Crippen LogP contribution in [-0.2, 0) is 9.53 Å². The zero-order chi connectivity index (χ0) is 20.1. The van der Waals surface area contributed by atoms with E-state index in [1.54, 1.807) is 0 Å². The first-order chi connectivity index (χ1) is 13.2. The number of nitriles is 1. The zero-order valence-corrected chi connectivity index (χ0v) is 17.5. The first-order valence-corrected chi connectivity index (χ1v) is 10.8. The van der Waals surface area contributed by atoms with Crippen LogP contribution in [-0.4, -0.2) is 17.6 Å². The predicted octanol–water partition coefficient (Wildman–Crippen LogP) is 5.06. The Morgan fingerprint density at radius 2 is 1.96 bits per heavy atom. The molecule has 0 aromatic heterocycles. The summed E-state index contributed by atoms with van der Waals surface area (Å²) in [5, 5.41) is 13.0. The van der Waals surface area contributed by atoms with Gasteiger partial charge >= 0.3 is 5.97 Å². The van der Waals surface area contributed by atoms with Gasteiger partial charge < -0.3 is 10.1 Å². The highest BCUT2D eigenvalue weighted by Crippen LogP contribution is 2.61. The lowest BCUT2D eigenvalue weighted by Crippen LogP contribution is -2.42. The third kappa shape index (κ3) is 3.64. The number of carbonyl (C=O) groups excluding carboxylic acids is 1. The Bertz CT molecular complexity index is 804. The van der Waals surface area contributed by atoms with Crippen LogP contribution in [0.3, 0.4) is 0 Å². The van der Waals surface area contributed by atoms with Crippen LogP contribution in [0.5, 0.6) is 0 Å². The van der Waals surface area contributed by atoms with Crippen LogP contribution < -0.4 is 5.32 Å². The minimum atomic E-state index is -0.393. The average Bonchev–Trinajstić information content (AvgIpc) is 2.82. The third-order valence-electron chi connectivity index (χ3n) is 7.14. The first-order valence-electron chi connectivity index (χ1n) is 10.8. The van der Waals surface area contributed by atoms with Crippen LogP contribution in [0.4, 0.5) is 5.69 Å². The van der Waals surface area contributed by atoms with Gasteiger partial charge in [-0.15, -0.1) is 0 Å². The molecule has 0 bridgehead atoms. The molecule has 6 atom stereocenters. The number of esters is 1. The Kier molecular flexibility index (Phi) is 4.89. The van der Waals surface area contributed by atoms with Crippen molar-refractivity contribution in [2.75, 3.05) is 5.32 Å². The fraction of sp³-hybridized carbons (Fsp3) is 0.667. The van der Waals surface area contributed by atoms with Gasteiger partial charge in [-0.25, -0.2) is 0 Å². The SMILES string of the molecule is Cc1ccc(NC2CC[C@H]3CC(C(=O)OC(C)(C)C)C4C[C@H](C2)C43)cc1C#N. The standard InChI is InChI=1S/C24H32N2O2/c1-14-5-7-18(10-17(14)13-25)26-19-8-6-15-11-21(23(27)28-24(2,3)4)20-12-16(9-19)22(15)20/h5,7,10,15-16,19-22,26H,6,8-9,11-12H2,1-4H3/t15-,16-,19?,20?,21?,22?/m0/s1. The highest BCUT2D eigenvalue weighted by molar-refractivity contribution is 5.74. The summed E-state index contributed by atoms with van der Waals surface area (Å²) in [6, 6.07) is 8.83. The lowest BCUT2D eigenvalue weighted by atomic mass is 9.61. The van der Waals surface area contributed by atoms with Gasteiger partial charge in [0.25, 0.3) is 0 Å². The molecule has 4 rings (SSSR count). The van der Waals surface area contributed by atoms with Gasteiger partial charge in [-0.05, 0) is 101 Å². The van der Waals surface area contributed by atoms with Crippen LogP contribution >= 0.6 is 0 Å². The summed E-state index contributed by atoms with van der Waals surface area (Å²) in [4.78, 5) is 12.7. The summed E-state index contributed by atoms with van der Waals surface area (Å²) in [6.07, 6.45) is 5.68. The van der Waals surface area contributed by atoms with Gasteiger partial charge in [0.1, 0.15) is 5.60 Å². The zero-order valence-electron chi connectivity index (χ0n) is 17.5. The molecule has 28 heavy (non-hydrogen) atoms. The summed E-state index contributed by atoms with van der Waals surface area (Å²) in [7, 11) is 0. The van der Waals surface area contributed by atoms with Gasteiger partial charge in [-0.3, -0.25) is 4.79 Å². The van der Waals surface area contributed by atoms with Crippen molar-refractivity contribution in [2.24, 2.45) is 29.6 Å². The molecule has 0 amide bonds. The molecule has 3 aliphatic rings. The highest BCUT2D eigenvalue weighted by atomic mass is 16.6. The van der Waals surface area contributed by atoms with Crippen LogP contribution in [0.25, 0.3) is 0 Å². The minimum absolute atomic E-state index is 0.0300. The number of anilines is 1. The summed E-state index contributed by atoms with van der Waals surface area (Å²) < 4.78 is 5.71. The highest BCUT2D eigenvalue weighted by Gasteiger charge is 2.57. The second-order valence-corrected chi connectivity index (χ2v) is 10.2. The van der Waals surface area contributed by atoms with Crippen molar-refractivity contribution < 1.29 is 9.53 Å². The van der Waals surface area contributed by atoms with Crippen LogP contribution in [0.1, 0.15) is 64.0 Å². The molecule has 0 saturated heterocycles. The summed E-state index contributed by atoms with van der Waals surface area (Å²) >= 11 is 0. The maximum absolute atomic E-state index is 12.7. The van der Waals surface area contributed by atoms with E-state index in [1.807, 2.05) is 39.8 Å². The van der Waals surface area contributed by atoms with E-state index in [1.165, 1.54) is 19.3 Å². The van der Waals surface area contributed by atoms with Crippen molar-refractivity contribution in [3.8, 4) is 6.07 Å². The molecular formula is C24H32N2O2. The Hall–Kier alpha value is -2.02. The van der Waals surface area contributed by atoms with Crippen molar-refractivity contribution in [3.63, 3.8) is 0 Å². The van der Waals surface area contributed by atoms with Crippen molar-refractivity contribution in [2.45, 2.75) is 71.4 Å². The van der Waals surface area contributed by atoms with Gasteiger partial charge in [0.15, 0.2) is 0 Å². The summed E-state index contributed by atoms with van der Waals surface area (Å²) in [5.74, 6) is 2.78. The molecule has 1 aromatic rings. The monoisotopic (exact) mass is 380 g/mol. The molecule has 0 spiro atoms. The van der Waals surface area contributed by atoms with Crippen molar-refractivity contribution in [1.82, 2.24) is 0 Å². The molecule has 4 nitrogen and oxygen atoms in total. The van der Waals surface area contributed by atoms with Gasteiger partial charge in [0.2, 0.25) is 0 Å². The molecule has 1 N–H and O–H groups in total. The molecule has 0 aliphatic heterocycles. The molecule has 0 heterocycles. The number of carbonyl (C=O) groups is 1. The molecule has 1 aromatic carbocycles. The average molecular weight is 381 g/mol. The van der Waals surface area contributed by atoms with Crippen LogP contribution in [0, 0.1) is 47.8 Å². The number of hydrogen-bond acceptors (Lipinski definition) is 4. The van der Waals surface area contributed by atoms with E-state index in [9.17, 15) is 10.1 Å². The third-order valence-corrected chi connectivity index (χ3v) is 7.14. The maximum Gasteiger partial charge on any atom is 0.309 e. The Morgan fingerprint density at radius 1 is 1.18 bits per heavy atom. The number of nitrogens with one attached hydrogen (secondary N) is 1. The van der Waals surface area contributed by atoms with Crippen molar-refractivity contribution in [3.05, 3.63) is 29.3 Å². The van der Waals surface area contributed by atoms with Gasteiger partial charge in [0, 0.05) is 11.7 Å². The number of rotatable bonds is 3. The van der Waals surface area contributed by atoms with E-state index < -0.39 is 5.60 Å². The molecule has 150 valence electrons. The summed E-state index contributed by atoms with van der Waals surface area (Å²) in [5.41, 5.74) is 2.44. The number of benzene rings is 1. The van der Waals surface area contributed by atoms with Crippen LogP contribution in [0.2, 0.25) is 0 Å². The predicted molar refractivity (Wildman–Crippen MR) is 110 cm³/mol. The minimum Gasteiger partial charge on any atom is -0.460 e. The van der Waals surface area contributed by atoms with E-state index >= 15 is 0 Å². The van der Waals surface area contributed by atoms with Gasteiger partial charge in [-0.2, -0.15) is 5.26 Å². The Balaban J connectivity index is 1.39. The maximum atomic E-state index is 12.7. The van der Waals surface area contributed by atoms with Gasteiger partial charge in [0.05, 0.1) is 17.6 Å². The first kappa shape index (κ1) is 19.3. The number of hydrogen-bond donors (Lipinski definition) is 1.